The van der Waals surface area contributed by atoms with Crippen molar-refractivity contribution in [3.63, 3.8) is 0 Å². The van der Waals surface area contributed by atoms with Crippen LogP contribution < -0.4 is 10.2 Å². The van der Waals surface area contributed by atoms with Gasteiger partial charge in [-0.25, -0.2) is 9.69 Å². The summed E-state index contributed by atoms with van der Waals surface area (Å²) in [6.07, 6.45) is -1.76. The van der Waals surface area contributed by atoms with Crippen molar-refractivity contribution >= 4 is 23.6 Å². The zero-order valence-corrected chi connectivity index (χ0v) is 25.7. The second-order valence-corrected chi connectivity index (χ2v) is 12.1. The Hall–Kier alpha value is -4.13. The first kappa shape index (κ1) is 31.8. The van der Waals surface area contributed by atoms with Gasteiger partial charge < -0.3 is 29.7 Å². The zero-order chi connectivity index (χ0) is 32.2. The van der Waals surface area contributed by atoms with Gasteiger partial charge in [0.15, 0.2) is 6.29 Å². The SMILES string of the molecule is C[C@H]1[C@@H](CN2CC[C@H](O)C2)O[C@@H](c2ccc(N3C(=O)CC(NC(=O)OCc4ccccc4)C3=O)cc2)O[C@H]1c1ccc(CO)cc1. The zero-order valence-electron chi connectivity index (χ0n) is 25.7. The maximum Gasteiger partial charge on any atom is 0.408 e. The number of carbonyl (C=O) groups excluding carboxylic acids is 3. The van der Waals surface area contributed by atoms with Gasteiger partial charge in [-0.05, 0) is 35.2 Å². The monoisotopic (exact) mass is 629 g/mol. The van der Waals surface area contributed by atoms with Crippen LogP contribution in [0.1, 0.15) is 54.4 Å². The number of nitrogens with one attached hydrogen (secondary N) is 1. The Kier molecular flexibility index (Phi) is 9.76. The summed E-state index contributed by atoms with van der Waals surface area (Å²) in [4.78, 5) is 41.7. The smallest absolute Gasteiger partial charge is 0.408 e. The highest BCUT2D eigenvalue weighted by atomic mass is 16.7. The van der Waals surface area contributed by atoms with E-state index in [-0.39, 0.29) is 43.9 Å². The number of aliphatic hydroxyl groups is 2. The molecule has 3 saturated heterocycles. The molecule has 1 unspecified atom stereocenters. The maximum atomic E-state index is 13.2. The van der Waals surface area contributed by atoms with Crippen LogP contribution in [0.5, 0.6) is 0 Å². The van der Waals surface area contributed by atoms with E-state index in [2.05, 4.69) is 17.1 Å². The van der Waals surface area contributed by atoms with E-state index < -0.39 is 30.2 Å². The maximum absolute atomic E-state index is 13.2. The minimum absolute atomic E-state index is 0.00287. The molecule has 0 radical (unpaired) electrons. The molecule has 3 heterocycles. The largest absolute Gasteiger partial charge is 0.445 e. The van der Waals surface area contributed by atoms with Crippen LogP contribution >= 0.6 is 0 Å². The number of hydrogen-bond donors (Lipinski definition) is 3. The third kappa shape index (κ3) is 7.14. The molecule has 0 saturated carbocycles. The van der Waals surface area contributed by atoms with Crippen molar-refractivity contribution in [2.45, 2.75) is 63.6 Å². The Morgan fingerprint density at radius 2 is 1.67 bits per heavy atom. The molecule has 11 heteroatoms. The summed E-state index contributed by atoms with van der Waals surface area (Å²) in [6, 6.07) is 22.7. The molecule has 11 nitrogen and oxygen atoms in total. The van der Waals surface area contributed by atoms with Crippen LogP contribution in [0.4, 0.5) is 10.5 Å². The highest BCUT2D eigenvalue weighted by Crippen LogP contribution is 2.42. The Morgan fingerprint density at radius 1 is 0.957 bits per heavy atom. The van der Waals surface area contributed by atoms with E-state index in [1.165, 1.54) is 0 Å². The number of aliphatic hydroxyl groups excluding tert-OH is 2. The van der Waals surface area contributed by atoms with Crippen LogP contribution in [0.15, 0.2) is 78.9 Å². The van der Waals surface area contributed by atoms with Crippen LogP contribution in [-0.2, 0) is 37.0 Å². The molecule has 3 aliphatic heterocycles. The van der Waals surface area contributed by atoms with E-state index in [4.69, 9.17) is 14.2 Å². The molecule has 3 aromatic rings. The van der Waals surface area contributed by atoms with E-state index >= 15 is 0 Å². The molecule has 3 aliphatic rings. The molecule has 6 rings (SSSR count). The van der Waals surface area contributed by atoms with Crippen LogP contribution in [0.25, 0.3) is 0 Å². The Labute approximate surface area is 267 Å². The molecule has 6 atom stereocenters. The molecular weight excluding hydrogens is 590 g/mol. The van der Waals surface area contributed by atoms with Gasteiger partial charge in [-0.1, -0.05) is 73.7 Å². The first-order valence-electron chi connectivity index (χ1n) is 15.6. The number of rotatable bonds is 9. The second kappa shape index (κ2) is 14.1. The van der Waals surface area contributed by atoms with Crippen molar-refractivity contribution in [1.29, 1.82) is 0 Å². The van der Waals surface area contributed by atoms with Crippen molar-refractivity contribution in [2.24, 2.45) is 5.92 Å². The summed E-state index contributed by atoms with van der Waals surface area (Å²) < 4.78 is 18.3. The fourth-order valence-electron chi connectivity index (χ4n) is 6.26. The average molecular weight is 630 g/mol. The first-order chi connectivity index (χ1) is 22.3. The van der Waals surface area contributed by atoms with E-state index in [1.54, 1.807) is 24.3 Å². The molecule has 0 aliphatic carbocycles. The fourth-order valence-corrected chi connectivity index (χ4v) is 6.26. The van der Waals surface area contributed by atoms with Crippen molar-refractivity contribution < 1.29 is 38.8 Å². The van der Waals surface area contributed by atoms with Gasteiger partial charge in [-0.15, -0.1) is 0 Å². The van der Waals surface area contributed by atoms with Gasteiger partial charge in [-0.3, -0.25) is 14.5 Å². The number of likely N-dealkylation sites (tertiary alicyclic amines) is 1. The molecule has 46 heavy (non-hydrogen) atoms. The Morgan fingerprint density at radius 3 is 2.35 bits per heavy atom. The van der Waals surface area contributed by atoms with Gasteiger partial charge >= 0.3 is 6.09 Å². The quantitative estimate of drug-likeness (QED) is 0.303. The number of anilines is 1. The van der Waals surface area contributed by atoms with Crippen molar-refractivity contribution in [3.05, 3.63) is 101 Å². The van der Waals surface area contributed by atoms with E-state index in [1.807, 2.05) is 54.6 Å². The Balaban J connectivity index is 1.14. The normalized spacial score (nSPS) is 26.8. The summed E-state index contributed by atoms with van der Waals surface area (Å²) in [5.74, 6) is -0.964. The molecule has 242 valence electrons. The number of ether oxygens (including phenoxy) is 3. The van der Waals surface area contributed by atoms with Crippen molar-refractivity contribution in [2.75, 3.05) is 24.5 Å². The number of β-amino-alcohol motifs (C(OH)–C–C–N with tert-alkyl or cyclic N) is 1. The molecule has 0 spiro atoms. The lowest BCUT2D eigenvalue weighted by molar-refractivity contribution is -0.276. The minimum atomic E-state index is -1.02. The summed E-state index contributed by atoms with van der Waals surface area (Å²) in [5, 5.41) is 22.1. The lowest BCUT2D eigenvalue weighted by Crippen LogP contribution is -2.44. The minimum Gasteiger partial charge on any atom is -0.445 e. The molecule has 3 aromatic carbocycles. The van der Waals surface area contributed by atoms with Crippen molar-refractivity contribution in [3.8, 4) is 0 Å². The summed E-state index contributed by atoms with van der Waals surface area (Å²) in [6.45, 7) is 4.13. The number of benzene rings is 3. The topological polar surface area (TPSA) is 138 Å². The van der Waals surface area contributed by atoms with Crippen LogP contribution in [0, 0.1) is 5.92 Å². The van der Waals surface area contributed by atoms with Gasteiger partial charge in [0.25, 0.3) is 5.91 Å². The summed E-state index contributed by atoms with van der Waals surface area (Å²) in [5.41, 5.74) is 3.68. The lowest BCUT2D eigenvalue weighted by atomic mass is 9.90. The van der Waals surface area contributed by atoms with E-state index in [0.717, 1.165) is 40.1 Å². The molecule has 3 N–H and O–H groups in total. The first-order valence-corrected chi connectivity index (χ1v) is 15.6. The third-order valence-electron chi connectivity index (χ3n) is 8.88. The number of hydrogen-bond acceptors (Lipinski definition) is 9. The summed E-state index contributed by atoms with van der Waals surface area (Å²) in [7, 11) is 0. The van der Waals surface area contributed by atoms with Gasteiger partial charge in [0.1, 0.15) is 12.6 Å². The average Bonchev–Trinajstić information content (AvgIpc) is 3.61. The van der Waals surface area contributed by atoms with Gasteiger partial charge in [-0.2, -0.15) is 0 Å². The molecule has 3 fully saturated rings. The van der Waals surface area contributed by atoms with E-state index in [0.29, 0.717) is 18.8 Å². The van der Waals surface area contributed by atoms with Crippen LogP contribution in [-0.4, -0.2) is 70.9 Å². The Bertz CT molecular complexity index is 1520. The van der Waals surface area contributed by atoms with Gasteiger partial charge in [0, 0.05) is 31.1 Å². The van der Waals surface area contributed by atoms with Crippen molar-refractivity contribution in [1.82, 2.24) is 10.2 Å². The standard InChI is InChI=1S/C35H39N3O8/c1-22-30(19-37-16-15-28(40)18-37)45-34(46-32(22)25-9-7-23(20-39)8-10-25)26-11-13-27(14-12-26)38-31(41)17-29(33(38)42)36-35(43)44-21-24-5-3-2-4-6-24/h2-14,22,28-30,32,34,39-40H,15-21H2,1H3,(H,36,43)/t22-,28-,29?,30+,32+,34+/m0/s1. The second-order valence-electron chi connectivity index (χ2n) is 12.1. The number of amides is 3. The van der Waals surface area contributed by atoms with Crippen LogP contribution in [0.2, 0.25) is 0 Å². The van der Waals surface area contributed by atoms with Crippen LogP contribution in [0.3, 0.4) is 0 Å². The van der Waals surface area contributed by atoms with Gasteiger partial charge in [0.05, 0.1) is 37.0 Å². The molecule has 0 aromatic heterocycles. The number of imide groups is 1. The highest BCUT2D eigenvalue weighted by molar-refractivity contribution is 6.22. The molecule has 3 amide bonds. The summed E-state index contributed by atoms with van der Waals surface area (Å²) >= 11 is 0. The highest BCUT2D eigenvalue weighted by Gasteiger charge is 2.42. The predicted molar refractivity (Wildman–Crippen MR) is 167 cm³/mol. The molecule has 0 bridgehead atoms. The number of alkyl carbamates (subject to hydrolysis) is 1. The fraction of sp³-hybridized carbons (Fsp3) is 0.400. The predicted octanol–water partition coefficient (Wildman–Crippen LogP) is 3.60. The third-order valence-corrected chi connectivity index (χ3v) is 8.88. The lowest BCUT2D eigenvalue weighted by Gasteiger charge is -2.42. The number of nitrogens with zero attached hydrogens (tertiary/aromatic N) is 2. The number of carbonyl (C=O) groups is 3. The molecular formula is C35H39N3O8. The van der Waals surface area contributed by atoms with Gasteiger partial charge in [0.2, 0.25) is 5.91 Å². The van der Waals surface area contributed by atoms with E-state index in [9.17, 15) is 24.6 Å².